The number of methoxy groups -OCH3 is 1. The molecule has 5 nitrogen and oxygen atoms in total. The van der Waals surface area contributed by atoms with Crippen LogP contribution in [0.15, 0.2) is 54.7 Å². The topological polar surface area (TPSA) is 52.5 Å². The largest absolute Gasteiger partial charge is 0.497 e. The van der Waals surface area contributed by atoms with Crippen LogP contribution >= 0.6 is 0 Å². The molecular weight excluding hydrogens is 304 g/mol. The number of carbonyl (C=O) groups excluding carboxylic acids is 1. The maximum Gasteiger partial charge on any atom is 0.258 e. The Bertz CT molecular complexity index is 840. The van der Waals surface area contributed by atoms with Gasteiger partial charge in [0.1, 0.15) is 11.5 Å². The predicted octanol–water partition coefficient (Wildman–Crippen LogP) is 2.88. The number of amides is 1. The van der Waals surface area contributed by atoms with Crippen LogP contribution in [0.4, 0.5) is 0 Å². The number of nitrogens with zero attached hydrogens (tertiary/aromatic N) is 1. The minimum absolute atomic E-state index is 0.00188. The summed E-state index contributed by atoms with van der Waals surface area (Å²) in [4.78, 5) is 12.0. The second-order valence-electron chi connectivity index (χ2n) is 5.53. The van der Waals surface area contributed by atoms with E-state index in [4.69, 9.17) is 9.47 Å². The second-order valence-corrected chi connectivity index (χ2v) is 5.53. The molecule has 5 heteroatoms. The van der Waals surface area contributed by atoms with Crippen molar-refractivity contribution in [2.45, 2.75) is 6.54 Å². The molecule has 0 fully saturated rings. The van der Waals surface area contributed by atoms with Gasteiger partial charge in [-0.25, -0.2) is 0 Å². The minimum atomic E-state index is -0.154. The van der Waals surface area contributed by atoms with E-state index in [0.717, 1.165) is 22.2 Å². The number of ether oxygens (including phenoxy) is 2. The number of carbonyl (C=O) groups is 1. The van der Waals surface area contributed by atoms with E-state index in [0.29, 0.717) is 12.3 Å². The fourth-order valence-electron chi connectivity index (χ4n) is 2.63. The summed E-state index contributed by atoms with van der Waals surface area (Å²) in [7, 11) is 3.63. The average molecular weight is 324 g/mol. The van der Waals surface area contributed by atoms with E-state index in [1.165, 1.54) is 0 Å². The number of fused-ring (bicyclic) bond motifs is 1. The first-order valence-corrected chi connectivity index (χ1v) is 7.74. The van der Waals surface area contributed by atoms with Crippen molar-refractivity contribution in [3.63, 3.8) is 0 Å². The lowest BCUT2D eigenvalue weighted by atomic mass is 10.1. The van der Waals surface area contributed by atoms with E-state index in [-0.39, 0.29) is 12.5 Å². The Morgan fingerprint density at radius 2 is 1.92 bits per heavy atom. The molecule has 3 aromatic rings. The second kappa shape index (κ2) is 7.08. The SMILES string of the molecule is COc1ccc2c(c1)c(CNC(=O)COc1ccccc1)cn2C. The highest BCUT2D eigenvalue weighted by Gasteiger charge is 2.09. The van der Waals surface area contributed by atoms with Crippen LogP contribution in [-0.2, 0) is 18.4 Å². The summed E-state index contributed by atoms with van der Waals surface area (Å²) in [5.74, 6) is 1.33. The number of hydrogen-bond acceptors (Lipinski definition) is 3. The van der Waals surface area contributed by atoms with Crippen LogP contribution in [-0.4, -0.2) is 24.2 Å². The molecule has 0 spiro atoms. The number of benzene rings is 2. The molecule has 0 unspecified atom stereocenters. The van der Waals surface area contributed by atoms with E-state index in [1.54, 1.807) is 7.11 Å². The Morgan fingerprint density at radius 3 is 2.67 bits per heavy atom. The smallest absolute Gasteiger partial charge is 0.258 e. The molecule has 124 valence electrons. The molecule has 0 saturated heterocycles. The Balaban J connectivity index is 1.63. The highest BCUT2D eigenvalue weighted by molar-refractivity contribution is 5.86. The lowest BCUT2D eigenvalue weighted by Crippen LogP contribution is -2.28. The van der Waals surface area contributed by atoms with E-state index in [9.17, 15) is 4.79 Å². The molecule has 0 aliphatic carbocycles. The van der Waals surface area contributed by atoms with Gasteiger partial charge in [0.05, 0.1) is 7.11 Å². The van der Waals surface area contributed by atoms with Gasteiger partial charge in [0.15, 0.2) is 6.61 Å². The standard InChI is InChI=1S/C19H20N2O3/c1-21-12-14(17-10-16(23-2)8-9-18(17)21)11-20-19(22)13-24-15-6-4-3-5-7-15/h3-10,12H,11,13H2,1-2H3,(H,20,22). The number of aryl methyl sites for hydroxylation is 1. The van der Waals surface area contributed by atoms with Crippen LogP contribution in [0.5, 0.6) is 11.5 Å². The zero-order chi connectivity index (χ0) is 16.9. The van der Waals surface area contributed by atoms with Crippen molar-refractivity contribution in [3.05, 3.63) is 60.3 Å². The van der Waals surface area contributed by atoms with Crippen molar-refractivity contribution in [2.75, 3.05) is 13.7 Å². The number of nitrogens with one attached hydrogen (secondary N) is 1. The maximum absolute atomic E-state index is 12.0. The molecule has 0 radical (unpaired) electrons. The molecule has 0 aliphatic rings. The van der Waals surface area contributed by atoms with Crippen molar-refractivity contribution >= 4 is 16.8 Å². The van der Waals surface area contributed by atoms with Crippen LogP contribution in [0.2, 0.25) is 0 Å². The minimum Gasteiger partial charge on any atom is -0.497 e. The van der Waals surface area contributed by atoms with Gasteiger partial charge in [-0.2, -0.15) is 0 Å². The van der Waals surface area contributed by atoms with E-state index >= 15 is 0 Å². The monoisotopic (exact) mass is 324 g/mol. The van der Waals surface area contributed by atoms with Gasteiger partial charge in [0, 0.05) is 30.7 Å². The van der Waals surface area contributed by atoms with Crippen molar-refractivity contribution in [2.24, 2.45) is 7.05 Å². The van der Waals surface area contributed by atoms with Gasteiger partial charge in [-0.1, -0.05) is 18.2 Å². The molecule has 1 amide bonds. The van der Waals surface area contributed by atoms with Crippen molar-refractivity contribution in [1.29, 1.82) is 0 Å². The summed E-state index contributed by atoms with van der Waals surface area (Å²) in [5.41, 5.74) is 2.14. The number of hydrogen-bond donors (Lipinski definition) is 1. The molecule has 0 bridgehead atoms. The molecular formula is C19H20N2O3. The molecule has 2 aromatic carbocycles. The third-order valence-corrected chi connectivity index (χ3v) is 3.87. The lowest BCUT2D eigenvalue weighted by Gasteiger charge is -2.07. The number of aromatic nitrogens is 1. The summed E-state index contributed by atoms with van der Waals surface area (Å²) >= 11 is 0. The molecule has 24 heavy (non-hydrogen) atoms. The molecule has 3 rings (SSSR count). The normalized spacial score (nSPS) is 10.6. The predicted molar refractivity (Wildman–Crippen MR) is 93.3 cm³/mol. The van der Waals surface area contributed by atoms with Gasteiger partial charge < -0.3 is 19.4 Å². The van der Waals surface area contributed by atoms with Gasteiger partial charge in [0.2, 0.25) is 0 Å². The third-order valence-electron chi connectivity index (χ3n) is 3.87. The van der Waals surface area contributed by atoms with Crippen LogP contribution < -0.4 is 14.8 Å². The van der Waals surface area contributed by atoms with Gasteiger partial charge in [-0.3, -0.25) is 4.79 Å². The van der Waals surface area contributed by atoms with Crippen molar-refractivity contribution in [1.82, 2.24) is 9.88 Å². The molecule has 0 atom stereocenters. The van der Waals surface area contributed by atoms with Gasteiger partial charge in [0.25, 0.3) is 5.91 Å². The number of rotatable bonds is 6. The van der Waals surface area contributed by atoms with Gasteiger partial charge in [-0.05, 0) is 35.9 Å². The van der Waals surface area contributed by atoms with Crippen molar-refractivity contribution < 1.29 is 14.3 Å². The molecule has 1 aromatic heterocycles. The third kappa shape index (κ3) is 3.51. The molecule has 0 saturated carbocycles. The molecule has 0 aliphatic heterocycles. The highest BCUT2D eigenvalue weighted by atomic mass is 16.5. The van der Waals surface area contributed by atoms with E-state index in [2.05, 4.69) is 5.32 Å². The first kappa shape index (κ1) is 15.9. The Kier molecular flexibility index (Phi) is 4.70. The Labute approximate surface area is 140 Å². The highest BCUT2D eigenvalue weighted by Crippen LogP contribution is 2.25. The zero-order valence-corrected chi connectivity index (χ0v) is 13.8. The first-order valence-electron chi connectivity index (χ1n) is 7.74. The Morgan fingerprint density at radius 1 is 1.12 bits per heavy atom. The average Bonchev–Trinajstić information content (AvgIpc) is 2.94. The summed E-state index contributed by atoms with van der Waals surface area (Å²) in [6, 6.07) is 15.2. The lowest BCUT2D eigenvalue weighted by molar-refractivity contribution is -0.123. The maximum atomic E-state index is 12.0. The van der Waals surface area contributed by atoms with Crippen molar-refractivity contribution in [3.8, 4) is 11.5 Å². The van der Waals surface area contributed by atoms with Crippen LogP contribution in [0.3, 0.4) is 0 Å². The van der Waals surface area contributed by atoms with Gasteiger partial charge >= 0.3 is 0 Å². The van der Waals surface area contributed by atoms with Crippen LogP contribution in [0.25, 0.3) is 10.9 Å². The Hall–Kier alpha value is -2.95. The molecule has 1 heterocycles. The quantitative estimate of drug-likeness (QED) is 0.758. The fourth-order valence-corrected chi connectivity index (χ4v) is 2.63. The van der Waals surface area contributed by atoms with E-state index < -0.39 is 0 Å². The first-order chi connectivity index (χ1) is 11.7. The van der Waals surface area contributed by atoms with Crippen LogP contribution in [0, 0.1) is 0 Å². The summed E-state index contributed by atoms with van der Waals surface area (Å²) in [5, 5.41) is 3.96. The fraction of sp³-hybridized carbons (Fsp3) is 0.211. The molecule has 1 N–H and O–H groups in total. The zero-order valence-electron chi connectivity index (χ0n) is 13.8. The van der Waals surface area contributed by atoms with E-state index in [1.807, 2.05) is 66.3 Å². The summed E-state index contributed by atoms with van der Waals surface area (Å²) < 4.78 is 12.8. The summed E-state index contributed by atoms with van der Waals surface area (Å²) in [6.07, 6.45) is 2.02. The number of para-hydroxylation sites is 1. The van der Waals surface area contributed by atoms with Crippen LogP contribution in [0.1, 0.15) is 5.56 Å². The summed E-state index contributed by atoms with van der Waals surface area (Å²) in [6.45, 7) is 0.444. The van der Waals surface area contributed by atoms with Gasteiger partial charge in [-0.15, -0.1) is 0 Å².